The van der Waals surface area contributed by atoms with E-state index in [1.54, 1.807) is 18.2 Å². The maximum Gasteiger partial charge on any atom is 0.301 e. The predicted octanol–water partition coefficient (Wildman–Crippen LogP) is 4.43. The molecule has 1 heterocycles. The van der Waals surface area contributed by atoms with Crippen molar-refractivity contribution in [2.75, 3.05) is 7.11 Å². The van der Waals surface area contributed by atoms with Crippen molar-refractivity contribution >= 4 is 11.3 Å². The van der Waals surface area contributed by atoms with Crippen molar-refractivity contribution in [3.63, 3.8) is 0 Å². The lowest BCUT2D eigenvalue weighted by atomic mass is 9.91. The monoisotopic (exact) mass is 397 g/mol. The maximum atomic E-state index is 15.1. The minimum absolute atomic E-state index is 0.0759. The molecule has 0 spiro atoms. The van der Waals surface area contributed by atoms with E-state index in [1.807, 2.05) is 13.0 Å². The number of ether oxygens (including phenoxy) is 1. The van der Waals surface area contributed by atoms with Crippen LogP contribution >= 0.6 is 0 Å². The van der Waals surface area contributed by atoms with E-state index in [1.165, 1.54) is 25.3 Å². The van der Waals surface area contributed by atoms with Crippen LogP contribution in [0.15, 0.2) is 60.5 Å². The van der Waals surface area contributed by atoms with Crippen molar-refractivity contribution < 1.29 is 18.6 Å². The first-order chi connectivity index (χ1) is 13.9. The number of hydrogen-bond donors (Lipinski definition) is 2. The number of rotatable bonds is 6. The van der Waals surface area contributed by atoms with Crippen LogP contribution in [0.2, 0.25) is 0 Å². The van der Waals surface area contributed by atoms with Gasteiger partial charge in [0.25, 0.3) is 0 Å². The summed E-state index contributed by atoms with van der Waals surface area (Å²) in [6, 6.07) is 4.14. The minimum Gasteiger partial charge on any atom is -0.496 e. The Labute approximate surface area is 167 Å². The molecule has 150 valence electrons. The number of aliphatic hydroxyl groups excluding tert-OH is 1. The Balaban J connectivity index is 2.03. The number of aliphatic hydroxyl groups is 1. The Bertz CT molecular complexity index is 1010. The van der Waals surface area contributed by atoms with Crippen LogP contribution in [0.3, 0.4) is 0 Å². The van der Waals surface area contributed by atoms with Crippen molar-refractivity contribution in [3.8, 4) is 5.75 Å². The fourth-order valence-corrected chi connectivity index (χ4v) is 3.02. The largest absolute Gasteiger partial charge is 0.496 e. The quantitative estimate of drug-likeness (QED) is 0.756. The Morgan fingerprint density at radius 3 is 2.48 bits per heavy atom. The van der Waals surface area contributed by atoms with Gasteiger partial charge in [0.15, 0.2) is 5.82 Å². The molecule has 0 saturated heterocycles. The first kappa shape index (κ1) is 20.5. The number of methoxy groups -OCH3 is 1. The summed E-state index contributed by atoms with van der Waals surface area (Å²) in [5.41, 5.74) is 1.57. The lowest BCUT2D eigenvalue weighted by molar-refractivity contribution is 0.0418. The second kappa shape index (κ2) is 8.45. The molecule has 0 atom stereocenters. The number of alkyl halides is 2. The van der Waals surface area contributed by atoms with Crippen LogP contribution in [0.25, 0.3) is 5.57 Å². The molecule has 5 nitrogen and oxygen atoms in total. The van der Waals surface area contributed by atoms with Crippen molar-refractivity contribution in [1.29, 1.82) is 5.41 Å². The highest BCUT2D eigenvalue weighted by molar-refractivity contribution is 6.15. The molecule has 1 aliphatic carbocycles. The number of benzene rings is 1. The number of nitrogens with one attached hydrogen (secondary N) is 1. The Hall–Kier alpha value is -3.19. The van der Waals surface area contributed by atoms with Gasteiger partial charge in [-0.25, -0.2) is 9.97 Å². The van der Waals surface area contributed by atoms with Crippen LogP contribution in [-0.2, 0) is 12.5 Å². The van der Waals surface area contributed by atoms with Crippen LogP contribution in [0, 0.1) is 5.41 Å². The van der Waals surface area contributed by atoms with Gasteiger partial charge in [0.05, 0.1) is 18.4 Å². The summed E-state index contributed by atoms with van der Waals surface area (Å²) in [6.45, 7) is 1.57. The lowest BCUT2D eigenvalue weighted by Crippen LogP contribution is -2.17. The highest BCUT2D eigenvalue weighted by Crippen LogP contribution is 2.39. The normalized spacial score (nSPS) is 15.6. The molecule has 1 aromatic carbocycles. The smallest absolute Gasteiger partial charge is 0.301 e. The zero-order chi connectivity index (χ0) is 21.0. The summed E-state index contributed by atoms with van der Waals surface area (Å²) in [4.78, 5) is 7.50. The predicted molar refractivity (Wildman–Crippen MR) is 107 cm³/mol. The van der Waals surface area contributed by atoms with Gasteiger partial charge in [0, 0.05) is 23.5 Å². The second-order valence-corrected chi connectivity index (χ2v) is 6.45. The Kier molecular flexibility index (Phi) is 5.98. The van der Waals surface area contributed by atoms with Gasteiger partial charge < -0.3 is 15.3 Å². The summed E-state index contributed by atoms with van der Waals surface area (Å²) < 4.78 is 35.5. The van der Waals surface area contributed by atoms with E-state index in [9.17, 15) is 0 Å². The average Bonchev–Trinajstić information content (AvgIpc) is 2.74. The molecule has 2 N–H and O–H groups in total. The van der Waals surface area contributed by atoms with Gasteiger partial charge in [0.1, 0.15) is 12.4 Å². The molecule has 1 aliphatic rings. The summed E-state index contributed by atoms with van der Waals surface area (Å²) in [5.74, 6) is -2.83. The van der Waals surface area contributed by atoms with Crippen LogP contribution in [0.5, 0.6) is 5.75 Å². The number of halogens is 2. The fourth-order valence-electron chi connectivity index (χ4n) is 3.02. The average molecular weight is 397 g/mol. The van der Waals surface area contributed by atoms with E-state index >= 15 is 8.78 Å². The summed E-state index contributed by atoms with van der Waals surface area (Å²) >= 11 is 0. The number of allylic oxidation sites excluding steroid dienone is 6. The molecule has 29 heavy (non-hydrogen) atoms. The van der Waals surface area contributed by atoms with Crippen molar-refractivity contribution in [3.05, 3.63) is 83.0 Å². The van der Waals surface area contributed by atoms with Gasteiger partial charge in [-0.2, -0.15) is 8.78 Å². The Morgan fingerprint density at radius 2 is 1.90 bits per heavy atom. The highest BCUT2D eigenvalue weighted by Gasteiger charge is 2.35. The fraction of sp³-hybridized carbons (Fsp3) is 0.227. The van der Waals surface area contributed by atoms with Gasteiger partial charge in [-0.3, -0.25) is 0 Å². The molecule has 0 bridgehead atoms. The van der Waals surface area contributed by atoms with Gasteiger partial charge in [0.2, 0.25) is 0 Å². The zero-order valence-corrected chi connectivity index (χ0v) is 16.1. The van der Waals surface area contributed by atoms with E-state index in [0.717, 1.165) is 24.4 Å². The molecule has 1 aromatic heterocycles. The topological polar surface area (TPSA) is 79.1 Å². The van der Waals surface area contributed by atoms with Crippen molar-refractivity contribution in [1.82, 2.24) is 9.97 Å². The molecular formula is C22H21F2N3O2. The zero-order valence-electron chi connectivity index (χ0n) is 16.1. The van der Waals surface area contributed by atoms with Crippen LogP contribution in [-0.4, -0.2) is 27.9 Å². The highest BCUT2D eigenvalue weighted by atomic mass is 19.3. The first-order valence-corrected chi connectivity index (χ1v) is 9.08. The summed E-state index contributed by atoms with van der Waals surface area (Å²) in [5, 5.41) is 17.2. The SMILES string of the molecule is CC/C=C1\C=CC(c2cc(C(F)(F)c3cnc(CO)nc3)ccc2OC)=CC1=N. The standard InChI is InChI=1S/C22H21F2N3O2/c1-3-4-14-5-6-15(9-19(14)25)18-10-16(7-8-20(18)29-2)22(23,24)17-11-26-21(13-28)27-12-17/h4-12,25,28H,3,13H2,1-2H3/b14-4+,25-19?. The third kappa shape index (κ3) is 4.14. The van der Waals surface area contributed by atoms with E-state index < -0.39 is 12.5 Å². The molecular weight excluding hydrogens is 376 g/mol. The molecule has 0 saturated carbocycles. The molecule has 7 heteroatoms. The minimum atomic E-state index is -3.34. The summed E-state index contributed by atoms with van der Waals surface area (Å²) in [7, 11) is 1.47. The van der Waals surface area contributed by atoms with Crippen LogP contribution in [0.4, 0.5) is 8.78 Å². The molecule has 0 fully saturated rings. The molecule has 0 amide bonds. The van der Waals surface area contributed by atoms with Gasteiger partial charge in [-0.1, -0.05) is 25.2 Å². The van der Waals surface area contributed by atoms with E-state index in [0.29, 0.717) is 22.6 Å². The van der Waals surface area contributed by atoms with Gasteiger partial charge >= 0.3 is 5.92 Å². The third-order valence-corrected chi connectivity index (χ3v) is 4.56. The second-order valence-electron chi connectivity index (χ2n) is 6.45. The maximum absolute atomic E-state index is 15.1. The van der Waals surface area contributed by atoms with Gasteiger partial charge in [-0.05, 0) is 41.8 Å². The molecule has 2 aromatic rings. The van der Waals surface area contributed by atoms with Gasteiger partial charge in [-0.15, -0.1) is 0 Å². The van der Waals surface area contributed by atoms with E-state index in [-0.39, 0.29) is 17.0 Å². The summed E-state index contributed by atoms with van der Waals surface area (Å²) in [6.07, 6.45) is 9.99. The first-order valence-electron chi connectivity index (χ1n) is 9.08. The number of aromatic nitrogens is 2. The third-order valence-electron chi connectivity index (χ3n) is 4.56. The van der Waals surface area contributed by atoms with Crippen LogP contribution < -0.4 is 4.74 Å². The molecule has 0 radical (unpaired) electrons. The number of hydrogen-bond acceptors (Lipinski definition) is 5. The van der Waals surface area contributed by atoms with Crippen LogP contribution in [0.1, 0.15) is 35.9 Å². The van der Waals surface area contributed by atoms with E-state index in [4.69, 9.17) is 15.3 Å². The lowest BCUT2D eigenvalue weighted by Gasteiger charge is -2.20. The van der Waals surface area contributed by atoms with Crippen molar-refractivity contribution in [2.24, 2.45) is 0 Å². The molecule has 0 unspecified atom stereocenters. The Morgan fingerprint density at radius 1 is 1.17 bits per heavy atom. The van der Waals surface area contributed by atoms with E-state index in [2.05, 4.69) is 9.97 Å². The molecule has 3 rings (SSSR count). The van der Waals surface area contributed by atoms with Crippen molar-refractivity contribution in [2.45, 2.75) is 25.9 Å². The number of nitrogens with zero attached hydrogens (tertiary/aromatic N) is 2. The molecule has 0 aliphatic heterocycles.